The Hall–Kier alpha value is -1.20. The van der Waals surface area contributed by atoms with Crippen LogP contribution in [0.2, 0.25) is 0 Å². The summed E-state index contributed by atoms with van der Waals surface area (Å²) in [5.74, 6) is -1.71. The van der Waals surface area contributed by atoms with E-state index in [1.807, 2.05) is 0 Å². The second-order valence-corrected chi connectivity index (χ2v) is 6.18. The highest BCUT2D eigenvalue weighted by atomic mass is 31.2. The van der Waals surface area contributed by atoms with Crippen LogP contribution in [-0.4, -0.2) is 39.2 Å². The quantitative estimate of drug-likeness (QED) is 0.543. The van der Waals surface area contributed by atoms with Crippen molar-refractivity contribution in [2.45, 2.75) is 12.8 Å². The fraction of sp³-hybridized carbons (Fsp3) is 0.462. The van der Waals surface area contributed by atoms with E-state index in [2.05, 4.69) is 0 Å². The molecule has 1 rings (SSSR count). The van der Waals surface area contributed by atoms with Crippen molar-refractivity contribution in [1.29, 1.82) is 0 Å². The van der Waals surface area contributed by atoms with Crippen molar-refractivity contribution in [1.82, 2.24) is 0 Å². The summed E-state index contributed by atoms with van der Waals surface area (Å²) in [7, 11) is -1.09. The molecule has 0 amide bonds. The first-order chi connectivity index (χ1) is 9.57. The average Bonchev–Trinajstić information content (AvgIpc) is 2.51. The molecule has 0 fully saturated rings. The molecule has 7 heteroatoms. The third-order valence-electron chi connectivity index (χ3n) is 2.58. The molecule has 0 aliphatic carbocycles. The molecule has 0 aliphatic rings. The standard InChI is InChI=1S/C13H19O6P/c1-4-18-10-12(20(15,16-2)17-3)19-13(14)11-8-6-5-7-9-11/h5-9,12H,4,10H2,1-3H3/t12-/m0/s1. The second-order valence-electron chi connectivity index (χ2n) is 3.79. The fourth-order valence-corrected chi connectivity index (χ4v) is 2.62. The van der Waals surface area contributed by atoms with Crippen LogP contribution in [-0.2, 0) is 23.1 Å². The molecule has 0 spiro atoms. The maximum absolute atomic E-state index is 12.3. The van der Waals surface area contributed by atoms with E-state index in [0.717, 1.165) is 0 Å². The Morgan fingerprint density at radius 3 is 2.30 bits per heavy atom. The zero-order valence-electron chi connectivity index (χ0n) is 11.8. The van der Waals surface area contributed by atoms with Gasteiger partial charge in [0.15, 0.2) is 0 Å². The van der Waals surface area contributed by atoms with E-state index in [1.54, 1.807) is 37.3 Å². The van der Waals surface area contributed by atoms with Crippen molar-refractivity contribution < 1.29 is 27.9 Å². The number of esters is 1. The molecule has 0 saturated heterocycles. The van der Waals surface area contributed by atoms with Crippen molar-refractivity contribution in [2.24, 2.45) is 0 Å². The van der Waals surface area contributed by atoms with Gasteiger partial charge in [0.05, 0.1) is 12.2 Å². The predicted molar refractivity (Wildman–Crippen MR) is 73.8 cm³/mol. The number of ether oxygens (including phenoxy) is 2. The molecule has 0 bridgehead atoms. The number of benzene rings is 1. The first-order valence-corrected chi connectivity index (χ1v) is 7.73. The fourth-order valence-electron chi connectivity index (χ4n) is 1.48. The maximum Gasteiger partial charge on any atom is 0.372 e. The van der Waals surface area contributed by atoms with Crippen molar-refractivity contribution >= 4 is 13.6 Å². The van der Waals surface area contributed by atoms with Gasteiger partial charge < -0.3 is 18.5 Å². The lowest BCUT2D eigenvalue weighted by atomic mass is 10.2. The molecule has 0 saturated carbocycles. The van der Waals surface area contributed by atoms with Gasteiger partial charge in [-0.05, 0) is 19.1 Å². The third kappa shape index (κ3) is 4.42. The number of carbonyl (C=O) groups excluding carboxylic acids is 1. The summed E-state index contributed by atoms with van der Waals surface area (Å²) in [5, 5.41) is 0. The van der Waals surface area contributed by atoms with Gasteiger partial charge in [0.1, 0.15) is 0 Å². The van der Waals surface area contributed by atoms with Gasteiger partial charge in [-0.1, -0.05) is 18.2 Å². The van der Waals surface area contributed by atoms with E-state index in [9.17, 15) is 9.36 Å². The second kappa shape index (κ2) is 8.17. The van der Waals surface area contributed by atoms with Crippen LogP contribution in [0.1, 0.15) is 17.3 Å². The maximum atomic E-state index is 12.3. The van der Waals surface area contributed by atoms with Crippen LogP contribution in [0, 0.1) is 0 Å². The summed E-state index contributed by atoms with van der Waals surface area (Å²) in [5.41, 5.74) is 0.354. The van der Waals surface area contributed by atoms with Crippen LogP contribution >= 0.6 is 7.60 Å². The monoisotopic (exact) mass is 302 g/mol. The van der Waals surface area contributed by atoms with Crippen molar-refractivity contribution in [3.05, 3.63) is 35.9 Å². The lowest BCUT2D eigenvalue weighted by Gasteiger charge is -2.23. The van der Waals surface area contributed by atoms with E-state index in [4.69, 9.17) is 18.5 Å². The summed E-state index contributed by atoms with van der Waals surface area (Å²) in [6.45, 7) is 2.11. The van der Waals surface area contributed by atoms with Crippen LogP contribution in [0.25, 0.3) is 0 Å². The molecule has 1 atom stereocenters. The summed E-state index contributed by atoms with van der Waals surface area (Å²) in [4.78, 5) is 12.0. The predicted octanol–water partition coefficient (Wildman–Crippen LogP) is 2.69. The van der Waals surface area contributed by atoms with E-state index in [0.29, 0.717) is 12.2 Å². The minimum Gasteiger partial charge on any atom is -0.443 e. The highest BCUT2D eigenvalue weighted by Crippen LogP contribution is 2.52. The first-order valence-electron chi connectivity index (χ1n) is 6.12. The summed E-state index contributed by atoms with van der Waals surface area (Å²) >= 11 is 0. The smallest absolute Gasteiger partial charge is 0.372 e. The molecule has 0 aromatic heterocycles. The summed E-state index contributed by atoms with van der Waals surface area (Å²) in [6, 6.07) is 8.40. The molecular weight excluding hydrogens is 283 g/mol. The molecule has 0 aliphatic heterocycles. The molecule has 0 radical (unpaired) electrons. The Labute approximate surface area is 118 Å². The van der Waals surface area contributed by atoms with Crippen molar-refractivity contribution in [3.63, 3.8) is 0 Å². The molecular formula is C13H19O6P. The van der Waals surface area contributed by atoms with Gasteiger partial charge in [0.25, 0.3) is 0 Å². The minimum atomic E-state index is -3.56. The molecule has 1 aromatic carbocycles. The number of carbonyl (C=O) groups is 1. The SMILES string of the molecule is CCOC[C@@H](OC(=O)c1ccccc1)P(=O)(OC)OC. The number of hydrogen-bond donors (Lipinski definition) is 0. The van der Waals surface area contributed by atoms with Gasteiger partial charge in [0, 0.05) is 20.8 Å². The first kappa shape index (κ1) is 16.9. The third-order valence-corrected chi connectivity index (χ3v) is 4.56. The van der Waals surface area contributed by atoms with Gasteiger partial charge in [-0.25, -0.2) is 4.79 Å². The van der Waals surface area contributed by atoms with E-state index in [-0.39, 0.29) is 6.61 Å². The highest BCUT2D eigenvalue weighted by molar-refractivity contribution is 7.54. The summed E-state index contributed by atoms with van der Waals surface area (Å²) in [6.07, 6.45) is 0. The molecule has 112 valence electrons. The van der Waals surface area contributed by atoms with Gasteiger partial charge >= 0.3 is 13.6 Å². The van der Waals surface area contributed by atoms with E-state index in [1.165, 1.54) is 14.2 Å². The topological polar surface area (TPSA) is 71.1 Å². The van der Waals surface area contributed by atoms with Gasteiger partial charge in [0.2, 0.25) is 5.85 Å². The Morgan fingerprint density at radius 2 is 1.80 bits per heavy atom. The lowest BCUT2D eigenvalue weighted by Crippen LogP contribution is -2.25. The Morgan fingerprint density at radius 1 is 1.20 bits per heavy atom. The average molecular weight is 302 g/mol. The van der Waals surface area contributed by atoms with Crippen molar-refractivity contribution in [2.75, 3.05) is 27.4 Å². The Balaban J connectivity index is 2.84. The van der Waals surface area contributed by atoms with Crippen LogP contribution in [0.15, 0.2) is 30.3 Å². The van der Waals surface area contributed by atoms with E-state index < -0.39 is 19.4 Å². The lowest BCUT2D eigenvalue weighted by molar-refractivity contribution is 0.0129. The number of rotatable bonds is 8. The highest BCUT2D eigenvalue weighted by Gasteiger charge is 2.38. The molecule has 6 nitrogen and oxygen atoms in total. The van der Waals surface area contributed by atoms with Gasteiger partial charge in [-0.2, -0.15) is 0 Å². The van der Waals surface area contributed by atoms with Gasteiger partial charge in [-0.15, -0.1) is 0 Å². The zero-order valence-corrected chi connectivity index (χ0v) is 12.7. The van der Waals surface area contributed by atoms with Crippen LogP contribution in [0.4, 0.5) is 0 Å². The molecule has 1 aromatic rings. The minimum absolute atomic E-state index is 0.0615. The van der Waals surface area contributed by atoms with E-state index >= 15 is 0 Å². The summed E-state index contributed by atoms with van der Waals surface area (Å²) < 4.78 is 32.4. The molecule has 0 N–H and O–H groups in total. The molecule has 0 unspecified atom stereocenters. The Kier molecular flexibility index (Phi) is 6.88. The largest absolute Gasteiger partial charge is 0.443 e. The van der Waals surface area contributed by atoms with Crippen LogP contribution in [0.3, 0.4) is 0 Å². The van der Waals surface area contributed by atoms with Crippen LogP contribution < -0.4 is 0 Å². The normalized spacial score (nSPS) is 12.9. The van der Waals surface area contributed by atoms with Crippen molar-refractivity contribution in [3.8, 4) is 0 Å². The Bertz CT molecular complexity index is 453. The van der Waals surface area contributed by atoms with Gasteiger partial charge in [-0.3, -0.25) is 4.57 Å². The molecule has 20 heavy (non-hydrogen) atoms. The molecule has 0 heterocycles. The zero-order chi connectivity index (χ0) is 15.0. The van der Waals surface area contributed by atoms with Crippen LogP contribution in [0.5, 0.6) is 0 Å². The number of hydrogen-bond acceptors (Lipinski definition) is 6.